The molecule has 32 heavy (non-hydrogen) atoms. The Balaban J connectivity index is 1.44. The van der Waals surface area contributed by atoms with Crippen molar-refractivity contribution in [3.63, 3.8) is 0 Å². The van der Waals surface area contributed by atoms with Crippen LogP contribution in [0, 0.1) is 46.3 Å². The molecule has 0 heterocycles. The van der Waals surface area contributed by atoms with Crippen molar-refractivity contribution in [2.24, 2.45) is 46.3 Å². The number of carbonyl (C=O) groups excluding carboxylic acids is 2. The minimum atomic E-state index is -3.11. The van der Waals surface area contributed by atoms with E-state index in [0.29, 0.717) is 61.0 Å². The lowest BCUT2D eigenvalue weighted by atomic mass is 9.44. The summed E-state index contributed by atoms with van der Waals surface area (Å²) in [5.41, 5.74) is 0.376. The van der Waals surface area contributed by atoms with Gasteiger partial charge in [-0.15, -0.1) is 0 Å². The number of Topliss-reactive ketones (excluding diaryl/α,β-unsaturated/α-hetero) is 2. The van der Waals surface area contributed by atoms with Gasteiger partial charge in [0.1, 0.15) is 11.6 Å². The van der Waals surface area contributed by atoms with Crippen molar-refractivity contribution in [3.05, 3.63) is 0 Å². The minimum Gasteiger partial charge on any atom is -0.300 e. The molecule has 4 saturated carbocycles. The van der Waals surface area contributed by atoms with Gasteiger partial charge in [0.25, 0.3) is 0 Å². The number of hydrogen-bond donors (Lipinski definition) is 1. The van der Waals surface area contributed by atoms with Crippen LogP contribution in [0.25, 0.3) is 0 Å². The van der Waals surface area contributed by atoms with Gasteiger partial charge in [-0.1, -0.05) is 20.8 Å². The highest BCUT2D eigenvalue weighted by atomic mass is 32.2. The molecule has 0 unspecified atom stereocenters. The predicted octanol–water partition coefficient (Wildman–Crippen LogP) is 4.75. The van der Waals surface area contributed by atoms with E-state index < -0.39 is 10.0 Å². The van der Waals surface area contributed by atoms with Gasteiger partial charge in [-0.25, -0.2) is 13.1 Å². The molecule has 4 aliphatic rings. The third-order valence-corrected chi connectivity index (χ3v) is 12.0. The maximum atomic E-state index is 13.5. The molecule has 6 heteroatoms. The molecular weight excluding hydrogens is 422 g/mol. The summed E-state index contributed by atoms with van der Waals surface area (Å²) in [4.78, 5) is 25.6. The fraction of sp³-hybridized carbons (Fsp3) is 0.923. The molecule has 0 spiro atoms. The zero-order chi connectivity index (χ0) is 23.3. The molecule has 4 aliphatic carbocycles. The Morgan fingerprint density at radius 1 is 1.03 bits per heavy atom. The van der Waals surface area contributed by atoms with Crippen molar-refractivity contribution in [3.8, 4) is 0 Å². The molecule has 4 fully saturated rings. The summed E-state index contributed by atoms with van der Waals surface area (Å²) in [5.74, 6) is 3.50. The van der Waals surface area contributed by atoms with Crippen LogP contribution < -0.4 is 4.72 Å². The highest BCUT2D eigenvalue weighted by molar-refractivity contribution is 7.89. The summed E-state index contributed by atoms with van der Waals surface area (Å²) in [6.07, 6.45) is 9.49. The van der Waals surface area contributed by atoms with Crippen molar-refractivity contribution in [1.29, 1.82) is 0 Å². The molecule has 4 rings (SSSR count). The molecule has 0 bridgehead atoms. The Labute approximate surface area is 194 Å². The smallest absolute Gasteiger partial charge is 0.211 e. The van der Waals surface area contributed by atoms with Gasteiger partial charge >= 0.3 is 0 Å². The summed E-state index contributed by atoms with van der Waals surface area (Å²) in [7, 11) is -3.11. The summed E-state index contributed by atoms with van der Waals surface area (Å²) in [5, 5.41) is 0. The first kappa shape index (κ1) is 24.4. The van der Waals surface area contributed by atoms with E-state index in [4.69, 9.17) is 0 Å². The molecule has 0 amide bonds. The van der Waals surface area contributed by atoms with Crippen LogP contribution in [0.3, 0.4) is 0 Å². The largest absolute Gasteiger partial charge is 0.300 e. The zero-order valence-corrected chi connectivity index (χ0v) is 21.3. The minimum absolute atomic E-state index is 0.134. The van der Waals surface area contributed by atoms with Crippen molar-refractivity contribution in [1.82, 2.24) is 4.72 Å². The SMILES string of the molecule is CCS(=O)(=O)NCCC[C@@H](C)[C@H]1CC[C@H]2[C@@H]3C(=O)C[C@@H]4CC(=O)CC[C@]4(C)[C@H]3CC[C@]12C. The third-order valence-electron chi connectivity index (χ3n) is 10.6. The first-order valence-corrected chi connectivity index (χ1v) is 14.7. The number of hydrogen-bond acceptors (Lipinski definition) is 4. The summed E-state index contributed by atoms with van der Waals surface area (Å²) >= 11 is 0. The zero-order valence-electron chi connectivity index (χ0n) is 20.5. The molecule has 8 atom stereocenters. The van der Waals surface area contributed by atoms with Crippen molar-refractivity contribution < 1.29 is 18.0 Å². The Morgan fingerprint density at radius 2 is 1.75 bits per heavy atom. The van der Waals surface area contributed by atoms with Crippen molar-refractivity contribution in [2.75, 3.05) is 12.3 Å². The molecule has 0 saturated heterocycles. The average molecular weight is 466 g/mol. The summed E-state index contributed by atoms with van der Waals surface area (Å²) in [6.45, 7) is 9.37. The van der Waals surface area contributed by atoms with Gasteiger partial charge in [-0.3, -0.25) is 9.59 Å². The van der Waals surface area contributed by atoms with Crippen LogP contribution in [0.4, 0.5) is 0 Å². The Hall–Kier alpha value is -0.750. The number of fused-ring (bicyclic) bond motifs is 5. The summed E-state index contributed by atoms with van der Waals surface area (Å²) < 4.78 is 26.1. The molecule has 0 aliphatic heterocycles. The highest BCUT2D eigenvalue weighted by Gasteiger charge is 2.63. The van der Waals surface area contributed by atoms with Crippen LogP contribution in [-0.4, -0.2) is 32.3 Å². The van der Waals surface area contributed by atoms with Crippen molar-refractivity contribution in [2.45, 2.75) is 91.9 Å². The Morgan fingerprint density at radius 3 is 2.47 bits per heavy atom. The first-order valence-electron chi connectivity index (χ1n) is 13.0. The normalized spacial score (nSPS) is 42.8. The standard InChI is InChI=1S/C26H43NO4S/c1-5-32(30,31)27-14-6-7-17(2)20-8-9-21-24-22(11-13-26(20,21)4)25(3)12-10-19(28)15-18(25)16-23(24)29/h17-18,20-22,24,27H,5-16H2,1-4H3/t17-,18+,20-,21+,22+,24+,25+,26-/m1/s1. The number of rotatable bonds is 7. The second kappa shape index (κ2) is 8.79. The van der Waals surface area contributed by atoms with Crippen molar-refractivity contribution >= 4 is 21.6 Å². The molecule has 0 aromatic heterocycles. The Bertz CT molecular complexity index is 854. The average Bonchev–Trinajstić information content (AvgIpc) is 3.09. The van der Waals surface area contributed by atoms with Crippen LogP contribution in [0.2, 0.25) is 0 Å². The lowest BCUT2D eigenvalue weighted by molar-refractivity contribution is -0.159. The van der Waals surface area contributed by atoms with Crippen LogP contribution in [0.15, 0.2) is 0 Å². The molecule has 1 N–H and O–H groups in total. The quantitative estimate of drug-likeness (QED) is 0.550. The van der Waals surface area contributed by atoms with Gasteiger partial charge in [0.2, 0.25) is 10.0 Å². The number of sulfonamides is 1. The van der Waals surface area contributed by atoms with E-state index in [1.807, 2.05) is 0 Å². The highest BCUT2D eigenvalue weighted by Crippen LogP contribution is 2.67. The van der Waals surface area contributed by atoms with Crippen LogP contribution in [0.1, 0.15) is 91.9 Å². The topological polar surface area (TPSA) is 80.3 Å². The molecule has 0 aromatic carbocycles. The van der Waals surface area contributed by atoms with Gasteiger partial charge in [-0.2, -0.15) is 0 Å². The maximum absolute atomic E-state index is 13.5. The van der Waals surface area contributed by atoms with E-state index in [2.05, 4.69) is 25.5 Å². The van der Waals surface area contributed by atoms with Gasteiger partial charge in [0.05, 0.1) is 5.75 Å². The van der Waals surface area contributed by atoms with E-state index >= 15 is 0 Å². The van der Waals surface area contributed by atoms with Crippen LogP contribution in [0.5, 0.6) is 0 Å². The lowest BCUT2D eigenvalue weighted by Gasteiger charge is -2.59. The third kappa shape index (κ3) is 4.12. The second-order valence-corrected chi connectivity index (χ2v) is 14.1. The van der Waals surface area contributed by atoms with Gasteiger partial charge in [0, 0.05) is 31.7 Å². The Kier molecular flexibility index (Phi) is 6.70. The van der Waals surface area contributed by atoms with Gasteiger partial charge in [0.15, 0.2) is 0 Å². The number of ketones is 2. The maximum Gasteiger partial charge on any atom is 0.211 e. The lowest BCUT2D eigenvalue weighted by Crippen LogP contribution is -2.57. The van der Waals surface area contributed by atoms with E-state index in [9.17, 15) is 18.0 Å². The summed E-state index contributed by atoms with van der Waals surface area (Å²) in [6, 6.07) is 0. The van der Waals surface area contributed by atoms with Crippen LogP contribution >= 0.6 is 0 Å². The monoisotopic (exact) mass is 465 g/mol. The number of nitrogens with one attached hydrogen (secondary N) is 1. The van der Waals surface area contributed by atoms with E-state index in [0.717, 1.165) is 32.1 Å². The van der Waals surface area contributed by atoms with Crippen LogP contribution in [-0.2, 0) is 19.6 Å². The van der Waals surface area contributed by atoms with E-state index in [1.165, 1.54) is 12.8 Å². The molecule has 0 aromatic rings. The molecular formula is C26H43NO4S. The molecule has 182 valence electrons. The van der Waals surface area contributed by atoms with Gasteiger partial charge in [-0.05, 0) is 92.3 Å². The second-order valence-electron chi connectivity index (χ2n) is 12.0. The van der Waals surface area contributed by atoms with Gasteiger partial charge < -0.3 is 0 Å². The van der Waals surface area contributed by atoms with E-state index in [1.54, 1.807) is 6.92 Å². The fourth-order valence-corrected chi connectivity index (χ4v) is 9.31. The van der Waals surface area contributed by atoms with E-state index in [-0.39, 0.29) is 28.4 Å². The number of carbonyl (C=O) groups is 2. The fourth-order valence-electron chi connectivity index (χ4n) is 8.65. The predicted molar refractivity (Wildman–Crippen MR) is 126 cm³/mol. The first-order chi connectivity index (χ1) is 15.0. The molecule has 0 radical (unpaired) electrons. The molecule has 5 nitrogen and oxygen atoms in total.